The van der Waals surface area contributed by atoms with Crippen LogP contribution in [0.25, 0.3) is 0 Å². The van der Waals surface area contributed by atoms with Crippen LogP contribution in [0.3, 0.4) is 0 Å². The molecule has 0 spiro atoms. The van der Waals surface area contributed by atoms with Crippen molar-refractivity contribution in [2.45, 2.75) is 78.3 Å². The van der Waals surface area contributed by atoms with Crippen LogP contribution in [0.5, 0.6) is 0 Å². The van der Waals surface area contributed by atoms with Gasteiger partial charge in [-0.25, -0.2) is 0 Å². The molecule has 2 aliphatic rings. The van der Waals surface area contributed by atoms with Crippen molar-refractivity contribution in [1.82, 2.24) is 10.2 Å². The van der Waals surface area contributed by atoms with Gasteiger partial charge in [-0.2, -0.15) is 0 Å². The molecule has 120 valence electrons. The van der Waals surface area contributed by atoms with E-state index in [0.717, 1.165) is 13.0 Å². The molecular weight excluding hydrogens is 264 g/mol. The van der Waals surface area contributed by atoms with Crippen LogP contribution in [0.15, 0.2) is 0 Å². The summed E-state index contributed by atoms with van der Waals surface area (Å²) >= 11 is 0. The number of piperazine rings is 1. The van der Waals surface area contributed by atoms with Gasteiger partial charge in [0, 0.05) is 6.54 Å². The molecule has 21 heavy (non-hydrogen) atoms. The predicted octanol–water partition coefficient (Wildman–Crippen LogP) is 2.72. The lowest BCUT2D eigenvalue weighted by Crippen LogP contribution is -2.66. The second kappa shape index (κ2) is 6.37. The molecule has 1 aliphatic carbocycles. The second-order valence-corrected chi connectivity index (χ2v) is 7.19. The molecule has 1 aliphatic heterocycles. The van der Waals surface area contributed by atoms with Gasteiger partial charge in [-0.15, -0.1) is 0 Å². The van der Waals surface area contributed by atoms with Crippen LogP contribution in [0, 0.1) is 11.3 Å². The highest BCUT2D eigenvalue weighted by Crippen LogP contribution is 2.42. The molecule has 2 rings (SSSR count). The van der Waals surface area contributed by atoms with E-state index in [1.807, 2.05) is 25.7 Å². The van der Waals surface area contributed by atoms with Crippen LogP contribution in [0.1, 0.15) is 66.2 Å². The van der Waals surface area contributed by atoms with Gasteiger partial charge in [-0.05, 0) is 37.0 Å². The number of hydrogen-bond acceptors (Lipinski definition) is 2. The van der Waals surface area contributed by atoms with E-state index in [0.29, 0.717) is 6.42 Å². The fourth-order valence-electron chi connectivity index (χ4n) is 4.02. The van der Waals surface area contributed by atoms with Crippen LogP contribution in [0.4, 0.5) is 0 Å². The zero-order valence-corrected chi connectivity index (χ0v) is 13.9. The summed E-state index contributed by atoms with van der Waals surface area (Å²) in [7, 11) is 0. The number of nitrogens with one attached hydrogen (secondary N) is 1. The maximum atomic E-state index is 12.8. The predicted molar refractivity (Wildman–Crippen MR) is 83.8 cm³/mol. The van der Waals surface area contributed by atoms with Gasteiger partial charge >= 0.3 is 0 Å². The maximum Gasteiger partial charge on any atom is 0.245 e. The summed E-state index contributed by atoms with van der Waals surface area (Å²) < 4.78 is 0. The normalized spacial score (nSPS) is 29.1. The van der Waals surface area contributed by atoms with E-state index in [4.69, 9.17) is 0 Å². The molecule has 1 saturated heterocycles. The fraction of sp³-hybridized carbons (Fsp3) is 0.882. The lowest BCUT2D eigenvalue weighted by molar-refractivity contribution is -0.153. The Labute approximate surface area is 128 Å². The van der Waals surface area contributed by atoms with E-state index in [1.165, 1.54) is 25.7 Å². The largest absolute Gasteiger partial charge is 0.343 e. The zero-order chi connectivity index (χ0) is 15.6. The number of hydrogen-bond donors (Lipinski definition) is 1. The van der Waals surface area contributed by atoms with Crippen molar-refractivity contribution in [2.24, 2.45) is 11.3 Å². The maximum absolute atomic E-state index is 12.8. The molecule has 0 aromatic heterocycles. The lowest BCUT2D eigenvalue weighted by atomic mass is 9.81. The minimum absolute atomic E-state index is 0.0284. The number of amides is 2. The van der Waals surface area contributed by atoms with Gasteiger partial charge in [0.15, 0.2) is 0 Å². The molecule has 1 N–H and O–H groups in total. The first-order chi connectivity index (χ1) is 9.94. The van der Waals surface area contributed by atoms with Crippen molar-refractivity contribution in [3.05, 3.63) is 0 Å². The third-order valence-electron chi connectivity index (χ3n) is 5.46. The van der Waals surface area contributed by atoms with Crippen molar-refractivity contribution in [3.8, 4) is 0 Å². The summed E-state index contributed by atoms with van der Waals surface area (Å²) in [5.41, 5.74) is 0.235. The van der Waals surface area contributed by atoms with E-state index >= 15 is 0 Å². The summed E-state index contributed by atoms with van der Waals surface area (Å²) in [4.78, 5) is 27.1. The molecule has 1 saturated carbocycles. The van der Waals surface area contributed by atoms with Crippen LogP contribution < -0.4 is 5.32 Å². The fourth-order valence-corrected chi connectivity index (χ4v) is 4.02. The van der Waals surface area contributed by atoms with E-state index < -0.39 is 0 Å². The van der Waals surface area contributed by atoms with Crippen molar-refractivity contribution < 1.29 is 9.59 Å². The van der Waals surface area contributed by atoms with Crippen LogP contribution in [-0.4, -0.2) is 35.3 Å². The van der Waals surface area contributed by atoms with Crippen LogP contribution >= 0.6 is 0 Å². The van der Waals surface area contributed by atoms with Gasteiger partial charge < -0.3 is 10.2 Å². The number of carbonyl (C=O) groups is 2. The topological polar surface area (TPSA) is 49.4 Å². The highest BCUT2D eigenvalue weighted by molar-refractivity contribution is 5.97. The molecular formula is C17H30N2O2. The second-order valence-electron chi connectivity index (χ2n) is 7.19. The Balaban J connectivity index is 2.25. The molecule has 2 unspecified atom stereocenters. The van der Waals surface area contributed by atoms with Gasteiger partial charge in [0.2, 0.25) is 11.8 Å². The van der Waals surface area contributed by atoms with Crippen molar-refractivity contribution in [1.29, 1.82) is 0 Å². The van der Waals surface area contributed by atoms with E-state index in [1.54, 1.807) is 0 Å². The molecule has 0 bridgehead atoms. The molecule has 2 fully saturated rings. The Bertz CT molecular complexity index is 400. The van der Waals surface area contributed by atoms with Gasteiger partial charge in [0.05, 0.1) is 0 Å². The van der Waals surface area contributed by atoms with Gasteiger partial charge in [0.25, 0.3) is 0 Å². The van der Waals surface area contributed by atoms with Crippen LogP contribution in [0.2, 0.25) is 0 Å². The van der Waals surface area contributed by atoms with Crippen molar-refractivity contribution in [3.63, 3.8) is 0 Å². The summed E-state index contributed by atoms with van der Waals surface area (Å²) in [6.07, 6.45) is 6.66. The minimum Gasteiger partial charge on any atom is -0.343 e. The van der Waals surface area contributed by atoms with E-state index in [9.17, 15) is 9.59 Å². The highest BCUT2D eigenvalue weighted by atomic mass is 16.2. The molecule has 4 nitrogen and oxygen atoms in total. The first-order valence-corrected chi connectivity index (χ1v) is 8.55. The summed E-state index contributed by atoms with van der Waals surface area (Å²) in [6.45, 7) is 9.01. The smallest absolute Gasteiger partial charge is 0.245 e. The van der Waals surface area contributed by atoms with Gasteiger partial charge in [0.1, 0.15) is 12.1 Å². The quantitative estimate of drug-likeness (QED) is 0.847. The number of carbonyl (C=O) groups excluding carboxylic acids is 2. The molecule has 1 heterocycles. The molecule has 2 amide bonds. The average Bonchev–Trinajstić information content (AvgIpc) is 2.91. The summed E-state index contributed by atoms with van der Waals surface area (Å²) in [5, 5.41) is 2.90. The monoisotopic (exact) mass is 294 g/mol. The Morgan fingerprint density at radius 2 is 1.86 bits per heavy atom. The highest BCUT2D eigenvalue weighted by Gasteiger charge is 2.45. The van der Waals surface area contributed by atoms with Crippen molar-refractivity contribution >= 4 is 11.8 Å². The summed E-state index contributed by atoms with van der Waals surface area (Å²) in [5.74, 6) is 0.304. The zero-order valence-electron chi connectivity index (χ0n) is 13.9. The van der Waals surface area contributed by atoms with Crippen molar-refractivity contribution in [2.75, 3.05) is 6.54 Å². The summed E-state index contributed by atoms with van der Waals surface area (Å²) in [6, 6.07) is -0.632. The van der Waals surface area contributed by atoms with Crippen LogP contribution in [-0.2, 0) is 9.59 Å². The lowest BCUT2D eigenvalue weighted by Gasteiger charge is -2.45. The van der Waals surface area contributed by atoms with Gasteiger partial charge in [-0.1, -0.05) is 40.5 Å². The molecule has 4 heteroatoms. The Kier molecular flexibility index (Phi) is 4.95. The molecule has 0 aromatic carbocycles. The average molecular weight is 294 g/mol. The molecule has 2 atom stereocenters. The molecule has 0 aromatic rings. The number of nitrogens with zero attached hydrogens (tertiary/aromatic N) is 1. The van der Waals surface area contributed by atoms with Gasteiger partial charge in [-0.3, -0.25) is 9.59 Å². The SMILES string of the molecule is CCC1NC(=O)C(C(C)C)N(CC2(CC)CCCC2)C1=O. The minimum atomic E-state index is -0.331. The third-order valence-corrected chi connectivity index (χ3v) is 5.46. The first-order valence-electron chi connectivity index (χ1n) is 8.55. The Hall–Kier alpha value is -1.06. The number of rotatable bonds is 5. The van der Waals surface area contributed by atoms with E-state index in [-0.39, 0.29) is 35.2 Å². The third kappa shape index (κ3) is 3.09. The molecule has 0 radical (unpaired) electrons. The first kappa shape index (κ1) is 16.3. The standard InChI is InChI=1S/C17H30N2O2/c1-5-13-16(21)19(14(12(3)4)15(20)18-13)11-17(6-2)9-7-8-10-17/h12-14H,5-11H2,1-4H3,(H,18,20). The Morgan fingerprint density at radius 1 is 1.24 bits per heavy atom. The Morgan fingerprint density at radius 3 is 2.33 bits per heavy atom. The van der Waals surface area contributed by atoms with E-state index in [2.05, 4.69) is 12.2 Å².